The average Bonchev–Trinajstić information content (AvgIpc) is 3.59. The Morgan fingerprint density at radius 1 is 0.882 bits per heavy atom. The summed E-state index contributed by atoms with van der Waals surface area (Å²) in [6, 6.07) is 19.8. The second-order valence-corrected chi connectivity index (χ2v) is 9.53. The molecule has 0 aromatic heterocycles. The van der Waals surface area contributed by atoms with Gasteiger partial charge in [-0.25, -0.2) is 0 Å². The molecular weight excluding hydrogens is 434 g/mol. The van der Waals surface area contributed by atoms with Gasteiger partial charge in [0.1, 0.15) is 6.10 Å². The lowest BCUT2D eigenvalue weighted by molar-refractivity contribution is -0.384. The van der Waals surface area contributed by atoms with Crippen molar-refractivity contribution in [3.8, 4) is 0 Å². The highest BCUT2D eigenvalue weighted by Crippen LogP contribution is 2.62. The highest BCUT2D eigenvalue weighted by atomic mass is 16.6. The molecule has 8 nitrogen and oxygen atoms in total. The fraction of sp³-hybridized carbons (Fsp3) is 0.269. The summed E-state index contributed by atoms with van der Waals surface area (Å²) in [6.45, 7) is 0. The minimum atomic E-state index is -0.439. The predicted molar refractivity (Wildman–Crippen MR) is 123 cm³/mol. The predicted octanol–water partition coefficient (Wildman–Crippen LogP) is 3.92. The van der Waals surface area contributed by atoms with E-state index in [1.165, 1.54) is 17.0 Å². The molecule has 6 atom stereocenters. The summed E-state index contributed by atoms with van der Waals surface area (Å²) in [7, 11) is 0. The lowest BCUT2D eigenvalue weighted by Gasteiger charge is -2.29. The first kappa shape index (κ1) is 19.4. The zero-order chi connectivity index (χ0) is 23.1. The maximum atomic E-state index is 13.6. The number of carbonyl (C=O) groups is 2. The molecule has 3 aromatic rings. The van der Waals surface area contributed by atoms with Gasteiger partial charge in [-0.15, -0.1) is 0 Å². The number of anilines is 1. The highest BCUT2D eigenvalue weighted by molar-refractivity contribution is 6.23. The Bertz CT molecular complexity index is 1430. The van der Waals surface area contributed by atoms with Gasteiger partial charge in [0.05, 0.1) is 28.2 Å². The van der Waals surface area contributed by atoms with Crippen LogP contribution in [0.15, 0.2) is 71.9 Å². The second-order valence-electron chi connectivity index (χ2n) is 9.53. The minimum absolute atomic E-state index is 0.00964. The van der Waals surface area contributed by atoms with Gasteiger partial charge in [-0.2, -0.15) is 0 Å². The van der Waals surface area contributed by atoms with Gasteiger partial charge in [0.15, 0.2) is 0 Å². The molecule has 1 saturated heterocycles. The van der Waals surface area contributed by atoms with Gasteiger partial charge in [0, 0.05) is 29.5 Å². The number of fused-ring (bicyclic) bond motifs is 9. The Labute approximate surface area is 193 Å². The van der Waals surface area contributed by atoms with Gasteiger partial charge in [-0.1, -0.05) is 35.5 Å². The third-order valence-corrected chi connectivity index (χ3v) is 8.06. The SMILES string of the molecule is O=C1[C@@H]2[C@H]3C[C@H]([C@@H]4C(c5ccc([N+](=O)[O-])cc5)=NO[C@H]34)[C@@H]2C(=O)N1c1ccc2ccccc2c1. The summed E-state index contributed by atoms with van der Waals surface area (Å²) in [4.78, 5) is 44.9. The molecule has 0 radical (unpaired) electrons. The van der Waals surface area contributed by atoms with Crippen LogP contribution >= 0.6 is 0 Å². The van der Waals surface area contributed by atoms with Crippen molar-refractivity contribution >= 4 is 39.7 Å². The van der Waals surface area contributed by atoms with Crippen LogP contribution in [0.2, 0.25) is 0 Å². The molecule has 2 amide bonds. The molecule has 0 spiro atoms. The molecule has 4 aliphatic rings. The monoisotopic (exact) mass is 453 g/mol. The van der Waals surface area contributed by atoms with E-state index in [1.807, 2.05) is 42.5 Å². The van der Waals surface area contributed by atoms with E-state index < -0.39 is 16.8 Å². The smallest absolute Gasteiger partial charge is 0.269 e. The van der Waals surface area contributed by atoms with Gasteiger partial charge in [-0.3, -0.25) is 24.6 Å². The molecule has 2 heterocycles. The standard InChI is InChI=1S/C26H19N3O5/c30-25-20-18-12-19(24-22(18)23(27-34-24)14-6-8-16(9-7-14)29(32)33)21(20)26(31)28(25)17-10-5-13-3-1-2-4-15(13)11-17/h1-11,18-22,24H,12H2/t18-,19+,20-,21+,22+,24+/m0/s1. The number of nitrogens with zero attached hydrogens (tertiary/aromatic N) is 3. The molecule has 0 N–H and O–H groups in total. The molecular formula is C26H19N3O5. The van der Waals surface area contributed by atoms with Crippen molar-refractivity contribution in [1.82, 2.24) is 0 Å². The van der Waals surface area contributed by atoms with E-state index in [9.17, 15) is 19.7 Å². The van der Waals surface area contributed by atoms with Crippen molar-refractivity contribution in [2.24, 2.45) is 34.7 Å². The third kappa shape index (κ3) is 2.45. The minimum Gasteiger partial charge on any atom is -0.391 e. The topological polar surface area (TPSA) is 102 Å². The van der Waals surface area contributed by atoms with Crippen LogP contribution in [-0.4, -0.2) is 28.6 Å². The molecule has 2 aliphatic carbocycles. The number of non-ortho nitro benzene ring substituents is 1. The number of nitro benzene ring substituents is 1. The highest BCUT2D eigenvalue weighted by Gasteiger charge is 2.70. The molecule has 2 aliphatic heterocycles. The first-order valence-corrected chi connectivity index (χ1v) is 11.4. The maximum Gasteiger partial charge on any atom is 0.269 e. The number of amides is 2. The number of hydrogen-bond donors (Lipinski definition) is 0. The number of nitro groups is 1. The van der Waals surface area contributed by atoms with Gasteiger partial charge in [0.2, 0.25) is 11.8 Å². The van der Waals surface area contributed by atoms with Crippen LogP contribution < -0.4 is 4.90 Å². The molecule has 7 rings (SSSR count). The fourth-order valence-electron chi connectivity index (χ4n) is 6.69. The first-order valence-electron chi connectivity index (χ1n) is 11.4. The quantitative estimate of drug-likeness (QED) is 0.340. The van der Waals surface area contributed by atoms with Crippen molar-refractivity contribution < 1.29 is 19.3 Å². The van der Waals surface area contributed by atoms with Crippen LogP contribution in [0, 0.1) is 39.7 Å². The van der Waals surface area contributed by atoms with Crippen LogP contribution in [0.5, 0.6) is 0 Å². The van der Waals surface area contributed by atoms with Crippen LogP contribution in [-0.2, 0) is 14.4 Å². The summed E-state index contributed by atoms with van der Waals surface area (Å²) in [5.74, 6) is -1.29. The largest absolute Gasteiger partial charge is 0.391 e. The van der Waals surface area contributed by atoms with Crippen molar-refractivity contribution in [3.63, 3.8) is 0 Å². The van der Waals surface area contributed by atoms with Crippen LogP contribution in [0.4, 0.5) is 11.4 Å². The Balaban J connectivity index is 1.22. The van der Waals surface area contributed by atoms with Crippen LogP contribution in [0.3, 0.4) is 0 Å². The number of benzene rings is 3. The number of hydrogen-bond acceptors (Lipinski definition) is 6. The van der Waals surface area contributed by atoms with Crippen molar-refractivity contribution in [2.45, 2.75) is 12.5 Å². The molecule has 3 aromatic carbocycles. The van der Waals surface area contributed by atoms with Crippen LogP contribution in [0.25, 0.3) is 10.8 Å². The number of oxime groups is 1. The number of carbonyl (C=O) groups excluding carboxylic acids is 2. The molecule has 168 valence electrons. The van der Waals surface area contributed by atoms with E-state index in [2.05, 4.69) is 5.16 Å². The van der Waals surface area contributed by atoms with Crippen molar-refractivity contribution in [3.05, 3.63) is 82.4 Å². The van der Waals surface area contributed by atoms with E-state index >= 15 is 0 Å². The summed E-state index contributed by atoms with van der Waals surface area (Å²) >= 11 is 0. The van der Waals surface area contributed by atoms with Crippen molar-refractivity contribution in [2.75, 3.05) is 4.90 Å². The molecule has 34 heavy (non-hydrogen) atoms. The van der Waals surface area contributed by atoms with E-state index in [-0.39, 0.29) is 41.4 Å². The Morgan fingerprint density at radius 3 is 2.32 bits per heavy atom. The first-order chi connectivity index (χ1) is 16.5. The summed E-state index contributed by atoms with van der Waals surface area (Å²) < 4.78 is 0. The van der Waals surface area contributed by atoms with Gasteiger partial charge in [-0.05, 0) is 47.4 Å². The Hall–Kier alpha value is -4.07. The van der Waals surface area contributed by atoms with Crippen molar-refractivity contribution in [1.29, 1.82) is 0 Å². The number of imide groups is 1. The number of rotatable bonds is 3. The van der Waals surface area contributed by atoms with E-state index in [0.717, 1.165) is 28.5 Å². The second kappa shape index (κ2) is 6.72. The van der Waals surface area contributed by atoms with E-state index in [4.69, 9.17) is 4.84 Å². The summed E-state index contributed by atoms with van der Waals surface area (Å²) in [5.41, 5.74) is 2.09. The normalized spacial score (nSPS) is 30.9. The summed E-state index contributed by atoms with van der Waals surface area (Å²) in [5, 5.41) is 17.3. The van der Waals surface area contributed by atoms with Gasteiger partial charge in [0.25, 0.3) is 5.69 Å². The van der Waals surface area contributed by atoms with E-state index in [1.54, 1.807) is 12.1 Å². The third-order valence-electron chi connectivity index (χ3n) is 8.06. The fourth-order valence-corrected chi connectivity index (χ4v) is 6.69. The molecule has 3 fully saturated rings. The molecule has 2 saturated carbocycles. The average molecular weight is 453 g/mol. The summed E-state index contributed by atoms with van der Waals surface area (Å²) in [6.07, 6.45) is 0.504. The van der Waals surface area contributed by atoms with Gasteiger partial charge >= 0.3 is 0 Å². The Kier molecular flexibility index (Phi) is 3.84. The van der Waals surface area contributed by atoms with Crippen LogP contribution in [0.1, 0.15) is 12.0 Å². The van der Waals surface area contributed by atoms with E-state index in [0.29, 0.717) is 5.69 Å². The molecule has 0 unspecified atom stereocenters. The lowest BCUT2D eigenvalue weighted by atomic mass is 9.71. The molecule has 2 bridgehead atoms. The zero-order valence-electron chi connectivity index (χ0n) is 17.9. The maximum absolute atomic E-state index is 13.6. The molecule has 8 heteroatoms. The van der Waals surface area contributed by atoms with Gasteiger partial charge < -0.3 is 4.84 Å². The Morgan fingerprint density at radius 2 is 1.59 bits per heavy atom. The zero-order valence-corrected chi connectivity index (χ0v) is 17.9. The lowest BCUT2D eigenvalue weighted by Crippen LogP contribution is -2.41.